The Hall–Kier alpha value is -1.36. The molecule has 5 nitrogen and oxygen atoms in total. The fourth-order valence-corrected chi connectivity index (χ4v) is 5.50. The van der Waals surface area contributed by atoms with E-state index in [0.717, 1.165) is 43.3 Å². The Morgan fingerprint density at radius 1 is 1.12 bits per heavy atom. The first-order valence-corrected chi connectivity index (χ1v) is 9.46. The number of ether oxygens (including phenoxy) is 2. The van der Waals surface area contributed by atoms with Gasteiger partial charge in [0.25, 0.3) is 5.97 Å². The smallest absolute Gasteiger partial charge is 0.333 e. The Kier molecular flexibility index (Phi) is 7.05. The quantitative estimate of drug-likeness (QED) is 0.447. The lowest BCUT2D eigenvalue weighted by molar-refractivity contribution is -0.140. The highest BCUT2D eigenvalue weighted by Gasteiger charge is 2.53. The number of esters is 1. The van der Waals surface area contributed by atoms with E-state index in [1.165, 1.54) is 45.6 Å². The van der Waals surface area contributed by atoms with Gasteiger partial charge in [0.2, 0.25) is 0 Å². The van der Waals surface area contributed by atoms with Crippen molar-refractivity contribution in [2.45, 2.75) is 58.8 Å². The van der Waals surface area contributed by atoms with E-state index < -0.39 is 5.97 Å². The molecule has 1 N–H and O–H groups in total. The molecule has 0 amide bonds. The van der Waals surface area contributed by atoms with Crippen molar-refractivity contribution in [3.05, 3.63) is 11.6 Å². The SMILES string of the molecule is CC(=O)O.CCOCCC=C(C(=O)OC)C12CC3CC(CC(C3)C1)C2. The topological polar surface area (TPSA) is 72.8 Å². The molecule has 0 heterocycles. The van der Waals surface area contributed by atoms with E-state index >= 15 is 0 Å². The van der Waals surface area contributed by atoms with E-state index in [-0.39, 0.29) is 11.4 Å². The highest BCUT2D eigenvalue weighted by molar-refractivity contribution is 5.90. The molecule has 25 heavy (non-hydrogen) atoms. The van der Waals surface area contributed by atoms with Crippen LogP contribution in [0.2, 0.25) is 0 Å². The molecule has 5 heteroatoms. The number of methoxy groups -OCH3 is 1. The van der Waals surface area contributed by atoms with E-state index in [1.54, 1.807) is 0 Å². The summed E-state index contributed by atoms with van der Waals surface area (Å²) >= 11 is 0. The number of carbonyl (C=O) groups excluding carboxylic acids is 1. The van der Waals surface area contributed by atoms with Crippen LogP contribution in [0.25, 0.3) is 0 Å². The molecule has 0 spiro atoms. The van der Waals surface area contributed by atoms with Crippen molar-refractivity contribution in [1.29, 1.82) is 0 Å². The van der Waals surface area contributed by atoms with Gasteiger partial charge in [0.1, 0.15) is 0 Å². The molecule has 4 bridgehead atoms. The van der Waals surface area contributed by atoms with Crippen LogP contribution in [-0.2, 0) is 19.1 Å². The van der Waals surface area contributed by atoms with Crippen molar-refractivity contribution >= 4 is 11.9 Å². The van der Waals surface area contributed by atoms with Gasteiger partial charge in [0.15, 0.2) is 0 Å². The van der Waals surface area contributed by atoms with Crippen LogP contribution in [0.5, 0.6) is 0 Å². The molecule has 0 unspecified atom stereocenters. The van der Waals surface area contributed by atoms with E-state index in [9.17, 15) is 4.79 Å². The fourth-order valence-electron chi connectivity index (χ4n) is 5.50. The van der Waals surface area contributed by atoms with Crippen molar-refractivity contribution in [2.24, 2.45) is 23.2 Å². The van der Waals surface area contributed by atoms with Crippen molar-refractivity contribution in [1.82, 2.24) is 0 Å². The van der Waals surface area contributed by atoms with Crippen molar-refractivity contribution in [2.75, 3.05) is 20.3 Å². The third-order valence-corrected chi connectivity index (χ3v) is 5.83. The molecule has 4 rings (SSSR count). The van der Waals surface area contributed by atoms with Gasteiger partial charge in [-0.1, -0.05) is 6.08 Å². The summed E-state index contributed by atoms with van der Waals surface area (Å²) in [7, 11) is 1.51. The zero-order valence-corrected chi connectivity index (χ0v) is 15.8. The van der Waals surface area contributed by atoms with Gasteiger partial charge in [0.05, 0.1) is 13.7 Å². The zero-order chi connectivity index (χ0) is 18.4. The average Bonchev–Trinajstić information content (AvgIpc) is 2.52. The Balaban J connectivity index is 0.000000511. The van der Waals surface area contributed by atoms with Crippen LogP contribution in [0.3, 0.4) is 0 Å². The second-order valence-corrected chi connectivity index (χ2v) is 7.81. The maximum Gasteiger partial charge on any atom is 0.333 e. The molecule has 4 fully saturated rings. The van der Waals surface area contributed by atoms with Gasteiger partial charge in [-0.3, -0.25) is 4.79 Å². The largest absolute Gasteiger partial charge is 0.481 e. The van der Waals surface area contributed by atoms with E-state index in [0.29, 0.717) is 6.61 Å². The van der Waals surface area contributed by atoms with E-state index in [1.807, 2.05) is 6.92 Å². The van der Waals surface area contributed by atoms with Gasteiger partial charge in [-0.15, -0.1) is 0 Å². The molecular weight excluding hydrogens is 320 g/mol. The molecule has 4 aliphatic carbocycles. The van der Waals surface area contributed by atoms with Crippen LogP contribution in [0.15, 0.2) is 11.6 Å². The Labute approximate surface area is 150 Å². The van der Waals surface area contributed by atoms with Gasteiger partial charge in [-0.2, -0.15) is 0 Å². The predicted molar refractivity (Wildman–Crippen MR) is 95.1 cm³/mol. The van der Waals surface area contributed by atoms with E-state index in [4.69, 9.17) is 19.4 Å². The van der Waals surface area contributed by atoms with Crippen LogP contribution >= 0.6 is 0 Å². The monoisotopic (exact) mass is 352 g/mol. The number of carboxylic acid groups (broad SMARTS) is 1. The molecule has 0 atom stereocenters. The maximum atomic E-state index is 12.4. The minimum atomic E-state index is -0.833. The van der Waals surface area contributed by atoms with Crippen LogP contribution < -0.4 is 0 Å². The van der Waals surface area contributed by atoms with Crippen molar-refractivity contribution in [3.63, 3.8) is 0 Å². The molecule has 0 aromatic heterocycles. The fraction of sp³-hybridized carbons (Fsp3) is 0.800. The molecule has 0 radical (unpaired) electrons. The third kappa shape index (κ3) is 5.06. The summed E-state index contributed by atoms with van der Waals surface area (Å²) in [5, 5.41) is 7.42. The average molecular weight is 352 g/mol. The van der Waals surface area contributed by atoms with Crippen molar-refractivity contribution < 1.29 is 24.2 Å². The summed E-state index contributed by atoms with van der Waals surface area (Å²) in [6.45, 7) is 4.52. The number of rotatable bonds is 6. The molecule has 4 aliphatic rings. The highest BCUT2D eigenvalue weighted by Crippen LogP contribution is 2.62. The summed E-state index contributed by atoms with van der Waals surface area (Å²) in [6, 6.07) is 0. The summed E-state index contributed by atoms with van der Waals surface area (Å²) in [4.78, 5) is 21.4. The lowest BCUT2D eigenvalue weighted by atomic mass is 9.47. The molecule has 0 saturated heterocycles. The van der Waals surface area contributed by atoms with Crippen LogP contribution in [0.1, 0.15) is 58.8 Å². The number of hydrogen-bond donors (Lipinski definition) is 1. The number of carbonyl (C=O) groups is 2. The standard InChI is InChI=1S/C18H28O3.C2H4O2/c1-3-21-6-4-5-16(17(19)20-2)18-10-13-7-14(11-18)9-15(8-13)12-18;1-2(3)4/h5,13-15H,3-4,6-12H2,1-2H3;1H3,(H,3,4). The molecule has 142 valence electrons. The normalized spacial score (nSPS) is 32.8. The van der Waals surface area contributed by atoms with Crippen LogP contribution in [-0.4, -0.2) is 37.4 Å². The molecular formula is C20H32O5. The highest BCUT2D eigenvalue weighted by atomic mass is 16.5. The minimum Gasteiger partial charge on any atom is -0.481 e. The third-order valence-electron chi connectivity index (χ3n) is 5.83. The van der Waals surface area contributed by atoms with Gasteiger partial charge < -0.3 is 14.6 Å². The zero-order valence-electron chi connectivity index (χ0n) is 15.8. The second-order valence-electron chi connectivity index (χ2n) is 7.81. The van der Waals surface area contributed by atoms with Crippen molar-refractivity contribution in [3.8, 4) is 0 Å². The first kappa shape index (κ1) is 20.0. The Bertz CT molecular complexity index is 469. The summed E-state index contributed by atoms with van der Waals surface area (Å²) in [5.74, 6) is 1.59. The Morgan fingerprint density at radius 2 is 1.60 bits per heavy atom. The van der Waals surface area contributed by atoms with Gasteiger partial charge >= 0.3 is 5.97 Å². The summed E-state index contributed by atoms with van der Waals surface area (Å²) in [6.07, 6.45) is 10.7. The molecule has 4 saturated carbocycles. The molecule has 0 aliphatic heterocycles. The summed E-state index contributed by atoms with van der Waals surface area (Å²) in [5.41, 5.74) is 1.08. The number of carboxylic acids is 1. The number of hydrogen-bond acceptors (Lipinski definition) is 4. The minimum absolute atomic E-state index is 0.103. The molecule has 0 aromatic carbocycles. The maximum absolute atomic E-state index is 12.4. The van der Waals surface area contributed by atoms with Crippen LogP contribution in [0, 0.1) is 23.2 Å². The van der Waals surface area contributed by atoms with Gasteiger partial charge in [0, 0.05) is 24.5 Å². The first-order valence-electron chi connectivity index (χ1n) is 9.46. The lowest BCUT2D eigenvalue weighted by Gasteiger charge is -2.57. The van der Waals surface area contributed by atoms with Gasteiger partial charge in [-0.25, -0.2) is 4.79 Å². The number of aliphatic carboxylic acids is 1. The van der Waals surface area contributed by atoms with E-state index in [2.05, 4.69) is 6.08 Å². The second kappa shape index (κ2) is 8.84. The summed E-state index contributed by atoms with van der Waals surface area (Å²) < 4.78 is 10.5. The lowest BCUT2D eigenvalue weighted by Crippen LogP contribution is -2.48. The Morgan fingerprint density at radius 3 is 2.00 bits per heavy atom. The van der Waals surface area contributed by atoms with Crippen LogP contribution in [0.4, 0.5) is 0 Å². The first-order chi connectivity index (χ1) is 11.9. The molecule has 0 aromatic rings. The predicted octanol–water partition coefficient (Wildman–Crippen LogP) is 3.82. The van der Waals surface area contributed by atoms with Gasteiger partial charge in [-0.05, 0) is 69.6 Å².